The summed E-state index contributed by atoms with van der Waals surface area (Å²) in [5.41, 5.74) is 0. The van der Waals surface area contributed by atoms with Crippen LogP contribution in [0.2, 0.25) is 0 Å². The lowest BCUT2D eigenvalue weighted by Gasteiger charge is -2.15. The van der Waals surface area contributed by atoms with E-state index in [1.54, 1.807) is 18.4 Å². The van der Waals surface area contributed by atoms with Gasteiger partial charge in [0.1, 0.15) is 4.90 Å². The van der Waals surface area contributed by atoms with Crippen LogP contribution in [-0.2, 0) is 23.0 Å². The molecule has 8 heteroatoms. The first kappa shape index (κ1) is 15.2. The number of aliphatic hydroxyl groups excluding tert-OH is 1. The van der Waals surface area contributed by atoms with Crippen LogP contribution in [0, 0.1) is 0 Å². The van der Waals surface area contributed by atoms with Crippen molar-refractivity contribution in [2.45, 2.75) is 17.9 Å². The number of aliphatic hydroxyl groups is 1. The van der Waals surface area contributed by atoms with E-state index in [4.69, 9.17) is 5.11 Å². The van der Waals surface area contributed by atoms with E-state index in [1.165, 1.54) is 21.4 Å². The van der Waals surface area contributed by atoms with Crippen molar-refractivity contribution in [2.75, 3.05) is 20.2 Å². The Morgan fingerprint density at radius 1 is 1.50 bits per heavy atom. The molecule has 0 radical (unpaired) electrons. The second-order valence-electron chi connectivity index (χ2n) is 4.32. The molecule has 0 bridgehead atoms. The number of likely N-dealkylation sites (N-methyl/N-ethyl adjacent to an activating group) is 1. The topological polar surface area (TPSA) is 75.4 Å². The summed E-state index contributed by atoms with van der Waals surface area (Å²) >= 11 is 1.62. The third-order valence-corrected chi connectivity index (χ3v) is 5.65. The largest absolute Gasteiger partial charge is 0.394 e. The molecule has 2 aromatic heterocycles. The first-order valence-corrected chi connectivity index (χ1v) is 8.48. The molecule has 0 spiro atoms. The van der Waals surface area contributed by atoms with Gasteiger partial charge in [-0.3, -0.25) is 4.68 Å². The predicted molar refractivity (Wildman–Crippen MR) is 77.2 cm³/mol. The van der Waals surface area contributed by atoms with Gasteiger partial charge in [0.2, 0.25) is 10.0 Å². The lowest BCUT2D eigenvalue weighted by molar-refractivity contribution is 0.269. The molecule has 110 valence electrons. The highest BCUT2D eigenvalue weighted by molar-refractivity contribution is 7.89. The zero-order chi connectivity index (χ0) is 14.6. The molecular formula is C12H17N3O3S2. The number of nitrogens with zero attached hydrogens (tertiary/aromatic N) is 3. The smallest absolute Gasteiger partial charge is 0.245 e. The van der Waals surface area contributed by atoms with Crippen molar-refractivity contribution < 1.29 is 13.5 Å². The maximum atomic E-state index is 12.3. The van der Waals surface area contributed by atoms with Crippen molar-refractivity contribution in [3.8, 4) is 0 Å². The zero-order valence-corrected chi connectivity index (χ0v) is 12.8. The maximum absolute atomic E-state index is 12.3. The summed E-state index contributed by atoms with van der Waals surface area (Å²) in [7, 11) is -1.95. The molecule has 0 aromatic carbocycles. The summed E-state index contributed by atoms with van der Waals surface area (Å²) in [6.07, 6.45) is 3.44. The van der Waals surface area contributed by atoms with E-state index in [0.717, 1.165) is 4.88 Å². The Labute approximate surface area is 122 Å². The average molecular weight is 315 g/mol. The van der Waals surface area contributed by atoms with Crippen LogP contribution in [0.3, 0.4) is 0 Å². The van der Waals surface area contributed by atoms with E-state index < -0.39 is 10.0 Å². The minimum atomic E-state index is -3.52. The van der Waals surface area contributed by atoms with E-state index >= 15 is 0 Å². The van der Waals surface area contributed by atoms with Gasteiger partial charge >= 0.3 is 0 Å². The molecule has 0 saturated heterocycles. The molecule has 0 aliphatic heterocycles. The van der Waals surface area contributed by atoms with Crippen LogP contribution in [0.5, 0.6) is 0 Å². The van der Waals surface area contributed by atoms with Gasteiger partial charge in [-0.1, -0.05) is 6.07 Å². The fourth-order valence-electron chi connectivity index (χ4n) is 1.73. The molecule has 0 unspecified atom stereocenters. The first-order valence-electron chi connectivity index (χ1n) is 6.16. The van der Waals surface area contributed by atoms with E-state index in [1.807, 2.05) is 17.5 Å². The molecule has 0 atom stereocenters. The van der Waals surface area contributed by atoms with E-state index in [2.05, 4.69) is 5.10 Å². The van der Waals surface area contributed by atoms with Crippen LogP contribution < -0.4 is 0 Å². The first-order chi connectivity index (χ1) is 9.54. The van der Waals surface area contributed by atoms with Crippen LogP contribution >= 0.6 is 11.3 Å². The Morgan fingerprint density at radius 3 is 2.95 bits per heavy atom. The second kappa shape index (κ2) is 6.49. The molecule has 0 aliphatic rings. The van der Waals surface area contributed by atoms with Crippen molar-refractivity contribution in [1.29, 1.82) is 0 Å². The van der Waals surface area contributed by atoms with Crippen LogP contribution in [-0.4, -0.2) is 47.8 Å². The molecule has 2 rings (SSSR count). The lowest BCUT2D eigenvalue weighted by Crippen LogP contribution is -2.28. The van der Waals surface area contributed by atoms with Crippen LogP contribution in [0.15, 0.2) is 34.8 Å². The number of thiophene rings is 1. The maximum Gasteiger partial charge on any atom is 0.245 e. The Balaban J connectivity index is 2.04. The predicted octanol–water partition coefficient (Wildman–Crippen LogP) is 0.800. The molecule has 20 heavy (non-hydrogen) atoms. The molecule has 2 aromatic rings. The molecular weight excluding hydrogens is 298 g/mol. The molecule has 0 fully saturated rings. The lowest BCUT2D eigenvalue weighted by atomic mass is 10.3. The number of aromatic nitrogens is 2. The second-order valence-corrected chi connectivity index (χ2v) is 7.40. The highest BCUT2D eigenvalue weighted by Crippen LogP contribution is 2.15. The quantitative estimate of drug-likeness (QED) is 0.820. The average Bonchev–Trinajstić information content (AvgIpc) is 3.07. The van der Waals surface area contributed by atoms with Crippen LogP contribution in [0.25, 0.3) is 0 Å². The summed E-state index contributed by atoms with van der Waals surface area (Å²) < 4.78 is 27.4. The van der Waals surface area contributed by atoms with Crippen LogP contribution in [0.1, 0.15) is 4.88 Å². The molecule has 2 heterocycles. The summed E-state index contributed by atoms with van der Waals surface area (Å²) in [5.74, 6) is 0. The van der Waals surface area contributed by atoms with Crippen molar-refractivity contribution in [1.82, 2.24) is 14.1 Å². The molecule has 0 saturated carbocycles. The minimum absolute atomic E-state index is 0.0740. The van der Waals surface area contributed by atoms with Gasteiger partial charge in [0.25, 0.3) is 0 Å². The van der Waals surface area contributed by atoms with Gasteiger partial charge in [-0.15, -0.1) is 11.3 Å². The monoisotopic (exact) mass is 315 g/mol. The van der Waals surface area contributed by atoms with E-state index in [9.17, 15) is 8.42 Å². The fraction of sp³-hybridized carbons (Fsp3) is 0.417. The Morgan fingerprint density at radius 2 is 2.30 bits per heavy atom. The van der Waals surface area contributed by atoms with Gasteiger partial charge < -0.3 is 5.11 Å². The summed E-state index contributed by atoms with van der Waals surface area (Å²) in [4.78, 5) is 1.31. The van der Waals surface area contributed by atoms with Crippen molar-refractivity contribution in [3.63, 3.8) is 0 Å². The summed E-state index contributed by atoms with van der Waals surface area (Å²) in [6, 6.07) is 3.94. The molecule has 0 amide bonds. The van der Waals surface area contributed by atoms with Gasteiger partial charge in [-0.2, -0.15) is 5.10 Å². The number of rotatable bonds is 7. The molecule has 1 N–H and O–H groups in total. The number of hydrogen-bond donors (Lipinski definition) is 1. The Bertz CT molecular complexity index is 635. The van der Waals surface area contributed by atoms with Gasteiger partial charge in [0, 0.05) is 24.7 Å². The number of hydrogen-bond acceptors (Lipinski definition) is 5. The van der Waals surface area contributed by atoms with Gasteiger partial charge in [-0.05, 0) is 17.9 Å². The highest BCUT2D eigenvalue weighted by atomic mass is 32.2. The van der Waals surface area contributed by atoms with Gasteiger partial charge in [-0.25, -0.2) is 12.7 Å². The molecule has 0 aliphatic carbocycles. The van der Waals surface area contributed by atoms with Gasteiger partial charge in [0.05, 0.1) is 19.3 Å². The fourth-order valence-corrected chi connectivity index (χ4v) is 3.55. The summed E-state index contributed by atoms with van der Waals surface area (Å²) in [6.45, 7) is 0.637. The zero-order valence-electron chi connectivity index (χ0n) is 11.1. The standard InChI is InChI=1S/C12H17N3O3S2/c1-14(5-4-11-3-2-8-19-11)20(17,18)12-9-13-15(10-12)6-7-16/h2-3,8-10,16H,4-7H2,1H3. The third kappa shape index (κ3) is 3.45. The van der Waals surface area contributed by atoms with Crippen molar-refractivity contribution >= 4 is 21.4 Å². The Kier molecular flexibility index (Phi) is 4.92. The van der Waals surface area contributed by atoms with Crippen molar-refractivity contribution in [3.05, 3.63) is 34.8 Å². The van der Waals surface area contributed by atoms with E-state index in [-0.39, 0.29) is 18.0 Å². The van der Waals surface area contributed by atoms with E-state index in [0.29, 0.717) is 13.0 Å². The van der Waals surface area contributed by atoms with Crippen LogP contribution in [0.4, 0.5) is 0 Å². The summed E-state index contributed by atoms with van der Waals surface area (Å²) in [5, 5.41) is 14.7. The third-order valence-electron chi connectivity index (χ3n) is 2.90. The van der Waals surface area contributed by atoms with Crippen molar-refractivity contribution in [2.24, 2.45) is 0 Å². The Hall–Kier alpha value is -1.22. The highest BCUT2D eigenvalue weighted by Gasteiger charge is 2.22. The van der Waals surface area contributed by atoms with Gasteiger partial charge in [0.15, 0.2) is 0 Å². The normalized spacial score (nSPS) is 12.2. The molecule has 6 nitrogen and oxygen atoms in total. The SMILES string of the molecule is CN(CCc1cccs1)S(=O)(=O)c1cnn(CCO)c1. The minimum Gasteiger partial charge on any atom is -0.394 e. The number of sulfonamides is 1.